The molecule has 7 heteroatoms. The van der Waals surface area contributed by atoms with E-state index < -0.39 is 5.97 Å². The lowest BCUT2D eigenvalue weighted by atomic mass is 9.95. The summed E-state index contributed by atoms with van der Waals surface area (Å²) in [7, 11) is 1.34. The van der Waals surface area contributed by atoms with Gasteiger partial charge >= 0.3 is 5.97 Å². The molecule has 4 rings (SSSR count). The number of aryl methyl sites for hydroxylation is 2. The number of hydrogen-bond acceptors (Lipinski definition) is 6. The minimum absolute atomic E-state index is 0.157. The number of carbonyl (C=O) groups excluding carboxylic acids is 2. The first-order valence-electron chi connectivity index (χ1n) is 9.79. The second-order valence-electron chi connectivity index (χ2n) is 7.14. The standard InChI is InChI=1S/C23H22N2O3S2/c1-14-11-12-29-19(14)13-24-22-20(17-5-3-4-6-18(17)30-22)21(26)25-16-9-7-15(8-10-16)23(27)28-2/h7-13H,3-6H2,1-2H3,(H,25,26). The van der Waals surface area contributed by atoms with Gasteiger partial charge in [0.15, 0.2) is 0 Å². The fraction of sp³-hybridized carbons (Fsp3) is 0.261. The summed E-state index contributed by atoms with van der Waals surface area (Å²) in [5, 5.41) is 5.77. The SMILES string of the molecule is COC(=O)c1ccc(NC(=O)c2c(N=Cc3sccc3C)sc3c2CCCC3)cc1. The van der Waals surface area contributed by atoms with Crippen LogP contribution < -0.4 is 5.32 Å². The van der Waals surface area contributed by atoms with Gasteiger partial charge in [-0.15, -0.1) is 22.7 Å². The van der Waals surface area contributed by atoms with Crippen LogP contribution in [0.1, 0.15) is 54.4 Å². The van der Waals surface area contributed by atoms with E-state index in [1.54, 1.807) is 46.9 Å². The number of carbonyl (C=O) groups is 2. The molecule has 1 N–H and O–H groups in total. The molecule has 0 radical (unpaired) electrons. The van der Waals surface area contributed by atoms with Crippen LogP contribution >= 0.6 is 22.7 Å². The van der Waals surface area contributed by atoms with Crippen LogP contribution in [-0.2, 0) is 17.6 Å². The van der Waals surface area contributed by atoms with Gasteiger partial charge in [0, 0.05) is 21.7 Å². The molecule has 2 aromatic heterocycles. The summed E-state index contributed by atoms with van der Waals surface area (Å²) >= 11 is 3.27. The first-order chi connectivity index (χ1) is 14.6. The third-order valence-corrected chi connectivity index (χ3v) is 7.30. The van der Waals surface area contributed by atoms with Crippen molar-refractivity contribution in [2.75, 3.05) is 12.4 Å². The van der Waals surface area contributed by atoms with E-state index in [9.17, 15) is 9.59 Å². The molecular formula is C23H22N2O3S2. The molecule has 154 valence electrons. The van der Waals surface area contributed by atoms with Gasteiger partial charge in [-0.05, 0) is 79.4 Å². The fourth-order valence-corrected chi connectivity index (χ4v) is 5.53. The maximum absolute atomic E-state index is 13.2. The van der Waals surface area contributed by atoms with Crippen molar-refractivity contribution in [3.8, 4) is 0 Å². The molecule has 0 aliphatic heterocycles. The number of ether oxygens (including phenoxy) is 1. The Hall–Kier alpha value is -2.77. The van der Waals surface area contributed by atoms with Crippen molar-refractivity contribution in [2.24, 2.45) is 4.99 Å². The van der Waals surface area contributed by atoms with Gasteiger partial charge < -0.3 is 10.1 Å². The summed E-state index contributed by atoms with van der Waals surface area (Å²) in [5.41, 5.74) is 4.07. The molecule has 0 atom stereocenters. The molecule has 0 saturated heterocycles. The highest BCUT2D eigenvalue weighted by Crippen LogP contribution is 2.40. The van der Waals surface area contributed by atoms with Crippen molar-refractivity contribution in [1.29, 1.82) is 0 Å². The van der Waals surface area contributed by atoms with Crippen LogP contribution in [0.25, 0.3) is 0 Å². The van der Waals surface area contributed by atoms with Crippen molar-refractivity contribution >= 4 is 51.5 Å². The minimum Gasteiger partial charge on any atom is -0.465 e. The van der Waals surface area contributed by atoms with Crippen LogP contribution in [-0.4, -0.2) is 25.2 Å². The van der Waals surface area contributed by atoms with Crippen molar-refractivity contribution in [3.05, 3.63) is 67.7 Å². The van der Waals surface area contributed by atoms with Crippen LogP contribution in [0.2, 0.25) is 0 Å². The molecule has 5 nitrogen and oxygen atoms in total. The Morgan fingerprint density at radius 3 is 2.60 bits per heavy atom. The Bertz CT molecular complexity index is 1110. The minimum atomic E-state index is -0.403. The first kappa shape index (κ1) is 20.5. The number of methoxy groups -OCH3 is 1. The van der Waals surface area contributed by atoms with Gasteiger partial charge in [0.1, 0.15) is 5.00 Å². The number of hydrogen-bond donors (Lipinski definition) is 1. The van der Waals surface area contributed by atoms with Gasteiger partial charge in [-0.2, -0.15) is 0 Å². The Morgan fingerprint density at radius 1 is 1.13 bits per heavy atom. The topological polar surface area (TPSA) is 67.8 Å². The van der Waals surface area contributed by atoms with Crippen molar-refractivity contribution in [2.45, 2.75) is 32.6 Å². The molecular weight excluding hydrogens is 416 g/mol. The van der Waals surface area contributed by atoms with Crippen LogP contribution in [0.4, 0.5) is 10.7 Å². The van der Waals surface area contributed by atoms with E-state index in [0.29, 0.717) is 16.8 Å². The van der Waals surface area contributed by atoms with E-state index in [2.05, 4.69) is 18.3 Å². The molecule has 0 spiro atoms. The number of esters is 1. The van der Waals surface area contributed by atoms with Crippen LogP contribution in [0, 0.1) is 6.92 Å². The highest BCUT2D eigenvalue weighted by molar-refractivity contribution is 7.16. The fourth-order valence-electron chi connectivity index (χ4n) is 3.51. The maximum atomic E-state index is 13.2. The number of amides is 1. The molecule has 1 aliphatic rings. The zero-order valence-corrected chi connectivity index (χ0v) is 18.5. The molecule has 0 fully saturated rings. The maximum Gasteiger partial charge on any atom is 0.337 e. The Morgan fingerprint density at radius 2 is 1.90 bits per heavy atom. The highest BCUT2D eigenvalue weighted by Gasteiger charge is 2.25. The van der Waals surface area contributed by atoms with Gasteiger partial charge in [-0.3, -0.25) is 4.79 Å². The van der Waals surface area contributed by atoms with Gasteiger partial charge in [0.2, 0.25) is 0 Å². The number of rotatable bonds is 5. The predicted octanol–water partition coefficient (Wildman–Crippen LogP) is 5.79. The third kappa shape index (κ3) is 4.22. The Kier molecular flexibility index (Phi) is 6.11. The number of anilines is 1. The monoisotopic (exact) mass is 438 g/mol. The Balaban J connectivity index is 1.62. The first-order valence-corrected chi connectivity index (χ1v) is 11.5. The predicted molar refractivity (Wildman–Crippen MR) is 123 cm³/mol. The lowest BCUT2D eigenvalue weighted by Crippen LogP contribution is -2.15. The number of aliphatic imine (C=N–C) groups is 1. The van der Waals surface area contributed by atoms with Gasteiger partial charge in [0.05, 0.1) is 18.2 Å². The molecule has 3 aromatic rings. The highest BCUT2D eigenvalue weighted by atomic mass is 32.1. The van der Waals surface area contributed by atoms with E-state index in [0.717, 1.165) is 41.1 Å². The average molecular weight is 439 g/mol. The molecule has 30 heavy (non-hydrogen) atoms. The smallest absolute Gasteiger partial charge is 0.337 e. The number of thiophene rings is 2. The normalized spacial score (nSPS) is 13.3. The van der Waals surface area contributed by atoms with E-state index in [1.165, 1.54) is 17.6 Å². The second-order valence-corrected chi connectivity index (χ2v) is 9.17. The summed E-state index contributed by atoms with van der Waals surface area (Å²) in [6.45, 7) is 2.06. The van der Waals surface area contributed by atoms with Crippen LogP contribution in [0.3, 0.4) is 0 Å². The van der Waals surface area contributed by atoms with Crippen LogP contribution in [0.15, 0.2) is 40.7 Å². The largest absolute Gasteiger partial charge is 0.465 e. The zero-order valence-electron chi connectivity index (χ0n) is 16.9. The Labute approximate surface area is 183 Å². The molecule has 2 heterocycles. The molecule has 1 amide bonds. The van der Waals surface area contributed by atoms with Crippen molar-refractivity contribution < 1.29 is 14.3 Å². The second kappa shape index (κ2) is 8.93. The summed E-state index contributed by atoms with van der Waals surface area (Å²) in [4.78, 5) is 31.9. The van der Waals surface area contributed by atoms with E-state index in [-0.39, 0.29) is 5.91 Å². The summed E-state index contributed by atoms with van der Waals surface area (Å²) < 4.78 is 4.72. The number of fused-ring (bicyclic) bond motifs is 1. The van der Waals surface area contributed by atoms with E-state index >= 15 is 0 Å². The van der Waals surface area contributed by atoms with Gasteiger partial charge in [-0.25, -0.2) is 9.79 Å². The molecule has 1 aromatic carbocycles. The summed E-state index contributed by atoms with van der Waals surface area (Å²) in [5.74, 6) is -0.560. The van der Waals surface area contributed by atoms with Gasteiger partial charge in [-0.1, -0.05) is 0 Å². The molecule has 0 unspecified atom stereocenters. The van der Waals surface area contributed by atoms with Gasteiger partial charge in [0.25, 0.3) is 5.91 Å². The van der Waals surface area contributed by atoms with E-state index in [4.69, 9.17) is 9.73 Å². The molecule has 1 aliphatic carbocycles. The summed E-state index contributed by atoms with van der Waals surface area (Å²) in [6, 6.07) is 8.77. The summed E-state index contributed by atoms with van der Waals surface area (Å²) in [6.07, 6.45) is 6.01. The number of benzene rings is 1. The van der Waals surface area contributed by atoms with E-state index in [1.807, 2.05) is 11.6 Å². The number of nitrogens with one attached hydrogen (secondary N) is 1. The average Bonchev–Trinajstić information content (AvgIpc) is 3.34. The quantitative estimate of drug-likeness (QED) is 0.405. The molecule has 0 saturated carbocycles. The number of nitrogens with zero attached hydrogens (tertiary/aromatic N) is 1. The van der Waals surface area contributed by atoms with Crippen molar-refractivity contribution in [3.63, 3.8) is 0 Å². The van der Waals surface area contributed by atoms with Crippen LogP contribution in [0.5, 0.6) is 0 Å². The zero-order chi connectivity index (χ0) is 21.1. The molecule has 0 bridgehead atoms. The van der Waals surface area contributed by atoms with Crippen molar-refractivity contribution in [1.82, 2.24) is 0 Å². The lowest BCUT2D eigenvalue weighted by molar-refractivity contribution is 0.0600. The third-order valence-electron chi connectivity index (χ3n) is 5.14. The lowest BCUT2D eigenvalue weighted by Gasteiger charge is -2.13.